The number of esters is 1. The van der Waals surface area contributed by atoms with Gasteiger partial charge < -0.3 is 19.1 Å². The zero-order chi connectivity index (χ0) is 27.7. The van der Waals surface area contributed by atoms with Crippen molar-refractivity contribution in [1.82, 2.24) is 9.80 Å². The van der Waals surface area contributed by atoms with Crippen molar-refractivity contribution >= 4 is 41.1 Å². The maximum absolute atomic E-state index is 13.4. The van der Waals surface area contributed by atoms with E-state index in [2.05, 4.69) is 0 Å². The molecule has 204 valence electrons. The minimum Gasteiger partial charge on any atom is -0.497 e. The molecule has 3 aliphatic rings. The predicted octanol–water partition coefficient (Wildman–Crippen LogP) is 2.71. The highest BCUT2D eigenvalue weighted by molar-refractivity contribution is 6.31. The molecule has 0 N–H and O–H groups in total. The zero-order valence-electron chi connectivity index (χ0n) is 21.2. The van der Waals surface area contributed by atoms with Crippen molar-refractivity contribution in [3.05, 3.63) is 65.2 Å². The van der Waals surface area contributed by atoms with Gasteiger partial charge >= 0.3 is 5.97 Å². The van der Waals surface area contributed by atoms with Gasteiger partial charge in [0.2, 0.25) is 11.4 Å². The topological polar surface area (TPSA) is 120 Å². The summed E-state index contributed by atoms with van der Waals surface area (Å²) >= 11 is 6.43. The smallest absolute Gasteiger partial charge is 0.344 e. The van der Waals surface area contributed by atoms with Crippen molar-refractivity contribution in [2.75, 3.05) is 13.7 Å². The molecule has 0 aromatic heterocycles. The molecule has 1 unspecified atom stereocenters. The summed E-state index contributed by atoms with van der Waals surface area (Å²) in [6, 6.07) is 11.2. The molecule has 3 amide bonds. The maximum atomic E-state index is 13.4. The van der Waals surface area contributed by atoms with Crippen molar-refractivity contribution in [2.24, 2.45) is 0 Å². The molecule has 0 saturated carbocycles. The van der Waals surface area contributed by atoms with Gasteiger partial charge in [-0.15, -0.1) is 0 Å². The lowest BCUT2D eigenvalue weighted by Gasteiger charge is -2.50. The number of ketones is 1. The Morgan fingerprint density at radius 1 is 1.05 bits per heavy atom. The monoisotopic (exact) mass is 554 g/mol. The molecule has 3 heterocycles. The standard InChI is InChI=1S/C28H27ClN2O8/c1-37-17-10-8-16(9-11-17)15-39-28(36)24(29)30-20(12-13-21(32)22-7-4-14-38-22)23(27(30)35)31-25(33)18-5-2-3-6-19(18)26(31)34/h2-3,5-6,8-11,20,22-24H,4,7,12-15H2,1H3/t20-,22+,23+,24?/m1/s1. The van der Waals surface area contributed by atoms with Gasteiger partial charge in [-0.2, -0.15) is 0 Å². The lowest BCUT2D eigenvalue weighted by atomic mass is 9.88. The fourth-order valence-corrected chi connectivity index (χ4v) is 5.52. The Morgan fingerprint density at radius 2 is 1.72 bits per heavy atom. The average Bonchev–Trinajstić information content (AvgIpc) is 3.58. The third-order valence-corrected chi connectivity index (χ3v) is 7.68. The summed E-state index contributed by atoms with van der Waals surface area (Å²) in [5.74, 6) is -2.22. The molecule has 11 heteroatoms. The molecular formula is C28H27ClN2O8. The number of alkyl halides is 1. The number of amides is 3. The molecule has 4 atom stereocenters. The Labute approximate surface area is 229 Å². The number of carbonyl (C=O) groups is 5. The Morgan fingerprint density at radius 3 is 2.31 bits per heavy atom. The first-order chi connectivity index (χ1) is 18.8. The molecule has 0 radical (unpaired) electrons. The summed E-state index contributed by atoms with van der Waals surface area (Å²) in [7, 11) is 1.54. The van der Waals surface area contributed by atoms with E-state index in [4.69, 9.17) is 25.8 Å². The van der Waals surface area contributed by atoms with Crippen LogP contribution in [-0.2, 0) is 30.5 Å². The van der Waals surface area contributed by atoms with Crippen LogP contribution in [0.25, 0.3) is 0 Å². The number of hydrogen-bond acceptors (Lipinski definition) is 8. The van der Waals surface area contributed by atoms with Gasteiger partial charge in [0.1, 0.15) is 24.5 Å². The van der Waals surface area contributed by atoms with Gasteiger partial charge in [-0.05, 0) is 49.1 Å². The van der Waals surface area contributed by atoms with E-state index in [0.717, 1.165) is 16.2 Å². The number of Topliss-reactive ketones (excluding diaryl/α,β-unsaturated/α-hetero) is 1. The SMILES string of the molecule is COc1ccc(COC(=O)C(Cl)N2C(=O)[C@@H](N3C(=O)c4ccccc4C3=O)[C@H]2CCC(=O)[C@@H]2CCCO2)cc1. The molecule has 3 aliphatic heterocycles. The van der Waals surface area contributed by atoms with E-state index in [1.807, 2.05) is 0 Å². The van der Waals surface area contributed by atoms with Crippen LogP contribution in [0.4, 0.5) is 0 Å². The van der Waals surface area contributed by atoms with Gasteiger partial charge in [0, 0.05) is 13.0 Å². The van der Waals surface area contributed by atoms with E-state index in [1.54, 1.807) is 36.4 Å². The number of fused-ring (bicyclic) bond motifs is 1. The van der Waals surface area contributed by atoms with Gasteiger partial charge in [0.05, 0.1) is 24.3 Å². The molecule has 10 nitrogen and oxygen atoms in total. The first kappa shape index (κ1) is 26.8. The van der Waals surface area contributed by atoms with Gasteiger partial charge in [0.15, 0.2) is 5.78 Å². The molecule has 0 spiro atoms. The highest BCUT2D eigenvalue weighted by Crippen LogP contribution is 2.37. The van der Waals surface area contributed by atoms with Crippen molar-refractivity contribution in [3.8, 4) is 5.75 Å². The van der Waals surface area contributed by atoms with Crippen LogP contribution < -0.4 is 4.74 Å². The average molecular weight is 555 g/mol. The van der Waals surface area contributed by atoms with E-state index in [-0.39, 0.29) is 36.4 Å². The van der Waals surface area contributed by atoms with Crippen molar-refractivity contribution in [1.29, 1.82) is 0 Å². The largest absolute Gasteiger partial charge is 0.497 e. The number of rotatable bonds is 10. The molecule has 0 bridgehead atoms. The quantitative estimate of drug-likeness (QED) is 0.145. The van der Waals surface area contributed by atoms with Crippen LogP contribution in [0.5, 0.6) is 5.75 Å². The number of halogens is 1. The molecule has 2 saturated heterocycles. The lowest BCUT2D eigenvalue weighted by molar-refractivity contribution is -0.168. The number of hydrogen-bond donors (Lipinski definition) is 0. The van der Waals surface area contributed by atoms with Crippen LogP contribution in [-0.4, -0.2) is 76.7 Å². The summed E-state index contributed by atoms with van der Waals surface area (Å²) < 4.78 is 15.9. The van der Waals surface area contributed by atoms with E-state index < -0.39 is 47.4 Å². The van der Waals surface area contributed by atoms with Crippen LogP contribution >= 0.6 is 11.6 Å². The van der Waals surface area contributed by atoms with E-state index in [0.29, 0.717) is 24.3 Å². The van der Waals surface area contributed by atoms with Crippen LogP contribution in [0.2, 0.25) is 0 Å². The summed E-state index contributed by atoms with van der Waals surface area (Å²) in [5, 5.41) is 0. The predicted molar refractivity (Wildman–Crippen MR) is 137 cm³/mol. The molecule has 2 aromatic rings. The number of nitrogens with zero attached hydrogens (tertiary/aromatic N) is 2. The zero-order valence-corrected chi connectivity index (χ0v) is 22.0. The Bertz CT molecular complexity index is 1270. The second kappa shape index (κ2) is 11.2. The minimum atomic E-state index is -1.51. The van der Waals surface area contributed by atoms with E-state index in [1.165, 1.54) is 19.2 Å². The number of β-lactam (4-membered cyclic amide) rings is 1. The maximum Gasteiger partial charge on any atom is 0.344 e. The number of methoxy groups -OCH3 is 1. The van der Waals surface area contributed by atoms with Crippen LogP contribution in [0.1, 0.15) is 52.0 Å². The Kier molecular flexibility index (Phi) is 7.67. The Hall–Kier alpha value is -3.76. The first-order valence-corrected chi connectivity index (χ1v) is 13.1. The summed E-state index contributed by atoms with van der Waals surface area (Å²) in [5.41, 5.74) is -0.427. The van der Waals surface area contributed by atoms with Gasteiger partial charge in [-0.3, -0.25) is 24.1 Å². The number of carbonyl (C=O) groups excluding carboxylic acids is 5. The van der Waals surface area contributed by atoms with Crippen LogP contribution in [0.3, 0.4) is 0 Å². The number of imide groups is 1. The number of likely N-dealkylation sites (tertiary alicyclic amines) is 1. The van der Waals surface area contributed by atoms with Gasteiger partial charge in [0.25, 0.3) is 11.8 Å². The third-order valence-electron chi connectivity index (χ3n) is 7.29. The molecular weight excluding hydrogens is 528 g/mol. The minimum absolute atomic E-state index is 0.0310. The summed E-state index contributed by atoms with van der Waals surface area (Å²) in [6.45, 7) is 0.421. The lowest BCUT2D eigenvalue weighted by Crippen LogP contribution is -2.74. The fourth-order valence-electron chi connectivity index (χ4n) is 5.21. The van der Waals surface area contributed by atoms with Crippen LogP contribution in [0.15, 0.2) is 48.5 Å². The second-order valence-corrected chi connectivity index (χ2v) is 10.00. The van der Waals surface area contributed by atoms with Crippen molar-refractivity contribution in [3.63, 3.8) is 0 Å². The molecule has 5 rings (SSSR count). The number of ether oxygens (including phenoxy) is 3. The molecule has 0 aliphatic carbocycles. The number of benzene rings is 2. The van der Waals surface area contributed by atoms with Crippen molar-refractivity contribution < 1.29 is 38.2 Å². The first-order valence-electron chi connectivity index (χ1n) is 12.7. The highest BCUT2D eigenvalue weighted by atomic mass is 35.5. The summed E-state index contributed by atoms with van der Waals surface area (Å²) in [6.07, 6.45) is 1.00. The third kappa shape index (κ3) is 5.02. The van der Waals surface area contributed by atoms with Gasteiger partial charge in [-0.25, -0.2) is 4.79 Å². The van der Waals surface area contributed by atoms with Gasteiger partial charge in [-0.1, -0.05) is 35.9 Å². The normalized spacial score (nSPS) is 22.9. The molecule has 2 fully saturated rings. The van der Waals surface area contributed by atoms with E-state index in [9.17, 15) is 24.0 Å². The molecule has 2 aromatic carbocycles. The van der Waals surface area contributed by atoms with Crippen LogP contribution in [0, 0.1) is 0 Å². The van der Waals surface area contributed by atoms with Crippen molar-refractivity contribution in [2.45, 2.75) is 56.0 Å². The highest BCUT2D eigenvalue weighted by Gasteiger charge is 2.58. The second-order valence-electron chi connectivity index (χ2n) is 9.58. The fraction of sp³-hybridized carbons (Fsp3) is 0.393. The Balaban J connectivity index is 1.32. The molecule has 39 heavy (non-hydrogen) atoms. The van der Waals surface area contributed by atoms with E-state index >= 15 is 0 Å². The summed E-state index contributed by atoms with van der Waals surface area (Å²) in [4.78, 5) is 67.1.